The van der Waals surface area contributed by atoms with Crippen LogP contribution in [-0.2, 0) is 12.8 Å². The second-order valence-electron chi connectivity index (χ2n) is 4.91. The van der Waals surface area contributed by atoms with Crippen molar-refractivity contribution in [2.24, 2.45) is 0 Å². The summed E-state index contributed by atoms with van der Waals surface area (Å²) in [5.74, 6) is -0.300. The molecule has 1 aliphatic carbocycles. The molecule has 104 valence electrons. The summed E-state index contributed by atoms with van der Waals surface area (Å²) >= 11 is 5.83. The summed E-state index contributed by atoms with van der Waals surface area (Å²) in [5, 5.41) is 4.58. The Labute approximate surface area is 121 Å². The highest BCUT2D eigenvalue weighted by molar-refractivity contribution is 6.30. The molecule has 2 aromatic rings. The minimum Gasteiger partial charge on any atom is -0.294 e. The first-order chi connectivity index (χ1) is 9.61. The minimum absolute atomic E-state index is 0.0620. The Kier molecular flexibility index (Phi) is 3.34. The lowest BCUT2D eigenvalue weighted by atomic mass is 9.93. The van der Waals surface area contributed by atoms with E-state index in [-0.39, 0.29) is 10.8 Å². The Hall–Kier alpha value is -1.68. The predicted octanol–water partition coefficient (Wildman–Crippen LogP) is 3.75. The van der Waals surface area contributed by atoms with Crippen molar-refractivity contribution in [3.05, 3.63) is 46.0 Å². The highest BCUT2D eigenvalue weighted by Crippen LogP contribution is 2.28. The van der Waals surface area contributed by atoms with Gasteiger partial charge in [-0.15, -0.1) is 0 Å². The molecule has 1 heterocycles. The molecular formula is C15H14ClFN2O. The zero-order chi connectivity index (χ0) is 14.3. The lowest BCUT2D eigenvalue weighted by Gasteiger charge is -2.13. The van der Waals surface area contributed by atoms with Gasteiger partial charge in [0, 0.05) is 6.42 Å². The van der Waals surface area contributed by atoms with E-state index < -0.39 is 5.82 Å². The van der Waals surface area contributed by atoms with Crippen molar-refractivity contribution in [2.75, 3.05) is 0 Å². The first-order valence-corrected chi connectivity index (χ1v) is 7.09. The molecule has 0 N–H and O–H groups in total. The Morgan fingerprint density at radius 1 is 1.40 bits per heavy atom. The highest BCUT2D eigenvalue weighted by atomic mass is 35.5. The molecule has 0 atom stereocenters. The smallest absolute Gasteiger partial charge is 0.166 e. The average Bonchev–Trinajstić information content (AvgIpc) is 2.82. The van der Waals surface area contributed by atoms with Gasteiger partial charge in [0.05, 0.1) is 27.7 Å². The zero-order valence-electron chi connectivity index (χ0n) is 11.1. The van der Waals surface area contributed by atoms with E-state index in [1.165, 1.54) is 6.07 Å². The van der Waals surface area contributed by atoms with E-state index in [1.54, 1.807) is 16.8 Å². The van der Waals surface area contributed by atoms with Gasteiger partial charge < -0.3 is 0 Å². The maximum Gasteiger partial charge on any atom is 0.166 e. The average molecular weight is 293 g/mol. The topological polar surface area (TPSA) is 34.9 Å². The molecule has 0 radical (unpaired) electrons. The van der Waals surface area contributed by atoms with Crippen LogP contribution in [0.25, 0.3) is 5.69 Å². The monoisotopic (exact) mass is 292 g/mol. The number of fused-ring (bicyclic) bond motifs is 1. The van der Waals surface area contributed by atoms with E-state index in [0.29, 0.717) is 18.5 Å². The molecule has 0 spiro atoms. The number of Topliss-reactive ketones (excluding diaryl/α,β-unsaturated/α-hetero) is 1. The summed E-state index contributed by atoms with van der Waals surface area (Å²) in [6.07, 6.45) is 2.92. The quantitative estimate of drug-likeness (QED) is 0.845. The standard InChI is InChI=1S/C15H14ClFN2O/c1-2-12-15-13(4-3-5-14(15)20)19(18-12)9-6-7-11(17)10(16)8-9/h6-8H,2-5H2,1H3. The number of carbonyl (C=O) groups is 1. The fraction of sp³-hybridized carbons (Fsp3) is 0.333. The number of halogens is 2. The molecule has 20 heavy (non-hydrogen) atoms. The van der Waals surface area contributed by atoms with Gasteiger partial charge in [-0.2, -0.15) is 5.10 Å². The van der Waals surface area contributed by atoms with Crippen LogP contribution in [0.4, 0.5) is 4.39 Å². The largest absolute Gasteiger partial charge is 0.294 e. The van der Waals surface area contributed by atoms with Crippen LogP contribution in [0.2, 0.25) is 5.02 Å². The van der Waals surface area contributed by atoms with Gasteiger partial charge in [-0.25, -0.2) is 9.07 Å². The van der Waals surface area contributed by atoms with Crippen molar-refractivity contribution in [1.82, 2.24) is 9.78 Å². The van der Waals surface area contributed by atoms with Gasteiger partial charge >= 0.3 is 0 Å². The first kappa shape index (κ1) is 13.3. The van der Waals surface area contributed by atoms with Crippen molar-refractivity contribution in [3.8, 4) is 5.69 Å². The summed E-state index contributed by atoms with van der Waals surface area (Å²) in [6.45, 7) is 1.98. The molecule has 0 saturated heterocycles. The number of hydrogen-bond donors (Lipinski definition) is 0. The normalized spacial score (nSPS) is 14.4. The van der Waals surface area contributed by atoms with Crippen LogP contribution in [0, 0.1) is 5.82 Å². The van der Waals surface area contributed by atoms with Crippen LogP contribution in [0.15, 0.2) is 18.2 Å². The minimum atomic E-state index is -0.455. The third-order valence-electron chi connectivity index (χ3n) is 3.63. The molecule has 0 fully saturated rings. The number of nitrogens with zero attached hydrogens (tertiary/aromatic N) is 2. The van der Waals surface area contributed by atoms with E-state index in [2.05, 4.69) is 5.10 Å². The Morgan fingerprint density at radius 2 is 2.20 bits per heavy atom. The van der Waals surface area contributed by atoms with Crippen molar-refractivity contribution in [2.45, 2.75) is 32.6 Å². The molecule has 0 saturated carbocycles. The van der Waals surface area contributed by atoms with Gasteiger partial charge in [-0.05, 0) is 37.5 Å². The molecule has 0 amide bonds. The fourth-order valence-corrected chi connectivity index (χ4v) is 2.85. The third-order valence-corrected chi connectivity index (χ3v) is 3.92. The second-order valence-corrected chi connectivity index (χ2v) is 5.32. The van der Waals surface area contributed by atoms with Gasteiger partial charge in [0.25, 0.3) is 0 Å². The Morgan fingerprint density at radius 3 is 2.90 bits per heavy atom. The maximum absolute atomic E-state index is 13.3. The van der Waals surface area contributed by atoms with Crippen LogP contribution in [0.1, 0.15) is 41.5 Å². The number of rotatable bonds is 2. The summed E-state index contributed by atoms with van der Waals surface area (Å²) < 4.78 is 15.0. The third kappa shape index (κ3) is 2.04. The number of hydrogen-bond acceptors (Lipinski definition) is 2. The van der Waals surface area contributed by atoms with Gasteiger partial charge in [0.1, 0.15) is 5.82 Å². The van der Waals surface area contributed by atoms with Crippen LogP contribution in [0.3, 0.4) is 0 Å². The summed E-state index contributed by atoms with van der Waals surface area (Å²) in [7, 11) is 0. The van der Waals surface area contributed by atoms with Crippen LogP contribution in [0.5, 0.6) is 0 Å². The van der Waals surface area contributed by atoms with E-state index in [1.807, 2.05) is 6.92 Å². The van der Waals surface area contributed by atoms with Crippen LogP contribution < -0.4 is 0 Å². The molecule has 1 aromatic carbocycles. The molecule has 0 unspecified atom stereocenters. The van der Waals surface area contributed by atoms with Crippen molar-refractivity contribution in [3.63, 3.8) is 0 Å². The van der Waals surface area contributed by atoms with Gasteiger partial charge in [0.2, 0.25) is 0 Å². The van der Waals surface area contributed by atoms with E-state index in [4.69, 9.17) is 11.6 Å². The van der Waals surface area contributed by atoms with E-state index >= 15 is 0 Å². The fourth-order valence-electron chi connectivity index (χ4n) is 2.68. The molecule has 0 bridgehead atoms. The second kappa shape index (κ2) is 5.02. The highest BCUT2D eigenvalue weighted by Gasteiger charge is 2.26. The Bertz CT molecular complexity index is 693. The first-order valence-electron chi connectivity index (χ1n) is 6.71. The van der Waals surface area contributed by atoms with Crippen LogP contribution >= 0.6 is 11.6 Å². The van der Waals surface area contributed by atoms with Gasteiger partial charge in [-0.3, -0.25) is 4.79 Å². The summed E-state index contributed by atoms with van der Waals surface area (Å²) in [6, 6.07) is 4.50. The summed E-state index contributed by atoms with van der Waals surface area (Å²) in [4.78, 5) is 12.1. The molecule has 1 aliphatic rings. The molecule has 3 rings (SSSR count). The Balaban J connectivity index is 2.19. The SMILES string of the molecule is CCc1nn(-c2ccc(F)c(Cl)c2)c2c1C(=O)CCC2. The molecule has 1 aromatic heterocycles. The zero-order valence-corrected chi connectivity index (χ0v) is 11.9. The molecule has 5 heteroatoms. The van der Waals surface area contributed by atoms with Crippen molar-refractivity contribution < 1.29 is 9.18 Å². The van der Waals surface area contributed by atoms with Gasteiger partial charge in [0.15, 0.2) is 5.78 Å². The van der Waals surface area contributed by atoms with E-state index in [9.17, 15) is 9.18 Å². The maximum atomic E-state index is 13.3. The number of aryl methyl sites for hydroxylation is 1. The van der Waals surface area contributed by atoms with Crippen molar-refractivity contribution in [1.29, 1.82) is 0 Å². The number of aromatic nitrogens is 2. The number of ketones is 1. The predicted molar refractivity (Wildman–Crippen MR) is 75.2 cm³/mol. The number of benzene rings is 1. The van der Waals surface area contributed by atoms with E-state index in [0.717, 1.165) is 29.8 Å². The summed E-state index contributed by atoms with van der Waals surface area (Å²) in [5.41, 5.74) is 3.17. The van der Waals surface area contributed by atoms with Crippen LogP contribution in [-0.4, -0.2) is 15.6 Å². The number of carbonyl (C=O) groups excluding carboxylic acids is 1. The van der Waals surface area contributed by atoms with Crippen molar-refractivity contribution >= 4 is 17.4 Å². The lowest BCUT2D eigenvalue weighted by molar-refractivity contribution is 0.0971. The molecular weight excluding hydrogens is 279 g/mol. The lowest BCUT2D eigenvalue weighted by Crippen LogP contribution is -2.13. The molecule has 0 aliphatic heterocycles. The van der Waals surface area contributed by atoms with Gasteiger partial charge in [-0.1, -0.05) is 18.5 Å². The molecule has 3 nitrogen and oxygen atoms in total.